The quantitative estimate of drug-likeness (QED) is 0.906. The summed E-state index contributed by atoms with van der Waals surface area (Å²) in [7, 11) is 0. The number of carbonyl (C=O) groups excluding carboxylic acids is 1. The molecule has 136 valence electrons. The maximum Gasteiger partial charge on any atom is 0.410 e. The Morgan fingerprint density at radius 2 is 1.60 bits per heavy atom. The van der Waals surface area contributed by atoms with Gasteiger partial charge in [0, 0.05) is 45.3 Å². The van der Waals surface area contributed by atoms with Crippen LogP contribution in [0.4, 0.5) is 9.59 Å². The predicted octanol–water partition coefficient (Wildman–Crippen LogP) is 2.08. The third-order valence-corrected chi connectivity index (χ3v) is 5.03. The summed E-state index contributed by atoms with van der Waals surface area (Å²) in [6, 6.07) is 10.1. The third-order valence-electron chi connectivity index (χ3n) is 5.03. The topological polar surface area (TPSA) is 73.3 Å². The standard InChI is InChI=1S/C18H25N3O4/c22-17(23)20-12-10-19(11-13-20)16-6-8-21(9-7-16)18(24)25-14-15-4-2-1-3-5-15/h1-5,16H,6-14H2,(H,22,23). The van der Waals surface area contributed by atoms with Crippen LogP contribution >= 0.6 is 0 Å². The van der Waals surface area contributed by atoms with Crippen molar-refractivity contribution in [3.63, 3.8) is 0 Å². The highest BCUT2D eigenvalue weighted by molar-refractivity contribution is 5.67. The summed E-state index contributed by atoms with van der Waals surface area (Å²) in [6.45, 7) is 4.36. The van der Waals surface area contributed by atoms with Gasteiger partial charge in [0.05, 0.1) is 0 Å². The molecule has 0 radical (unpaired) electrons. The van der Waals surface area contributed by atoms with Gasteiger partial charge >= 0.3 is 12.2 Å². The molecule has 2 aliphatic heterocycles. The largest absolute Gasteiger partial charge is 0.465 e. The zero-order valence-corrected chi connectivity index (χ0v) is 14.3. The molecular weight excluding hydrogens is 322 g/mol. The van der Waals surface area contributed by atoms with E-state index in [-0.39, 0.29) is 6.09 Å². The number of likely N-dealkylation sites (tertiary alicyclic amines) is 1. The molecule has 2 heterocycles. The smallest absolute Gasteiger partial charge is 0.410 e. The SMILES string of the molecule is O=C(O)N1CCN(C2CCN(C(=O)OCc3ccccc3)CC2)CC1. The average molecular weight is 347 g/mol. The van der Waals surface area contributed by atoms with Crippen molar-refractivity contribution in [2.45, 2.75) is 25.5 Å². The van der Waals surface area contributed by atoms with Gasteiger partial charge in [0.25, 0.3) is 0 Å². The Kier molecular flexibility index (Phi) is 5.75. The van der Waals surface area contributed by atoms with Crippen molar-refractivity contribution in [1.82, 2.24) is 14.7 Å². The van der Waals surface area contributed by atoms with E-state index < -0.39 is 6.09 Å². The molecule has 3 rings (SSSR count). The zero-order valence-electron chi connectivity index (χ0n) is 14.3. The van der Waals surface area contributed by atoms with Crippen molar-refractivity contribution in [3.05, 3.63) is 35.9 Å². The number of piperazine rings is 1. The minimum atomic E-state index is -0.837. The number of carbonyl (C=O) groups is 2. The number of carboxylic acid groups (broad SMARTS) is 1. The van der Waals surface area contributed by atoms with E-state index in [2.05, 4.69) is 4.90 Å². The van der Waals surface area contributed by atoms with Crippen LogP contribution in [0.25, 0.3) is 0 Å². The molecule has 0 saturated carbocycles. The molecule has 2 fully saturated rings. The molecule has 2 aliphatic rings. The highest BCUT2D eigenvalue weighted by Gasteiger charge is 2.30. The lowest BCUT2D eigenvalue weighted by molar-refractivity contribution is 0.0470. The van der Waals surface area contributed by atoms with Gasteiger partial charge in [-0.3, -0.25) is 4.90 Å². The van der Waals surface area contributed by atoms with Gasteiger partial charge in [0.2, 0.25) is 0 Å². The maximum atomic E-state index is 12.2. The van der Waals surface area contributed by atoms with E-state index >= 15 is 0 Å². The third kappa shape index (κ3) is 4.63. The van der Waals surface area contributed by atoms with Gasteiger partial charge in [-0.1, -0.05) is 30.3 Å². The Morgan fingerprint density at radius 1 is 0.960 bits per heavy atom. The number of nitrogens with zero attached hydrogens (tertiary/aromatic N) is 3. The Labute approximate surface area is 147 Å². The number of piperidine rings is 1. The van der Waals surface area contributed by atoms with Gasteiger partial charge in [-0.25, -0.2) is 9.59 Å². The van der Waals surface area contributed by atoms with Crippen molar-refractivity contribution in [1.29, 1.82) is 0 Å². The van der Waals surface area contributed by atoms with Crippen molar-refractivity contribution in [3.8, 4) is 0 Å². The number of ether oxygens (including phenoxy) is 1. The van der Waals surface area contributed by atoms with Crippen LogP contribution in [0.5, 0.6) is 0 Å². The van der Waals surface area contributed by atoms with Crippen molar-refractivity contribution < 1.29 is 19.4 Å². The molecule has 1 aromatic carbocycles. The van der Waals surface area contributed by atoms with E-state index in [1.165, 1.54) is 4.90 Å². The lowest BCUT2D eigenvalue weighted by Gasteiger charge is -2.41. The first kappa shape index (κ1) is 17.5. The molecule has 7 nitrogen and oxygen atoms in total. The summed E-state index contributed by atoms with van der Waals surface area (Å²) in [5.74, 6) is 0. The van der Waals surface area contributed by atoms with Crippen molar-refractivity contribution in [2.24, 2.45) is 0 Å². The first-order valence-electron chi connectivity index (χ1n) is 8.81. The van der Waals surface area contributed by atoms with E-state index in [1.54, 1.807) is 4.90 Å². The van der Waals surface area contributed by atoms with Crippen LogP contribution < -0.4 is 0 Å². The molecule has 0 unspecified atom stereocenters. The second-order valence-corrected chi connectivity index (χ2v) is 6.56. The fourth-order valence-corrected chi connectivity index (χ4v) is 3.50. The molecule has 2 saturated heterocycles. The summed E-state index contributed by atoms with van der Waals surface area (Å²) in [4.78, 5) is 28.7. The van der Waals surface area contributed by atoms with E-state index in [0.29, 0.717) is 38.8 Å². The Morgan fingerprint density at radius 3 is 2.20 bits per heavy atom. The van der Waals surface area contributed by atoms with Crippen LogP contribution in [-0.2, 0) is 11.3 Å². The highest BCUT2D eigenvalue weighted by Crippen LogP contribution is 2.19. The van der Waals surface area contributed by atoms with E-state index in [9.17, 15) is 9.59 Å². The first-order chi connectivity index (χ1) is 12.1. The number of rotatable bonds is 3. The van der Waals surface area contributed by atoms with Crippen molar-refractivity contribution in [2.75, 3.05) is 39.3 Å². The van der Waals surface area contributed by atoms with Crippen LogP contribution in [0.2, 0.25) is 0 Å². The summed E-state index contributed by atoms with van der Waals surface area (Å²) in [5.41, 5.74) is 0.988. The second-order valence-electron chi connectivity index (χ2n) is 6.56. The fraction of sp³-hybridized carbons (Fsp3) is 0.556. The van der Waals surface area contributed by atoms with Crippen LogP contribution in [0, 0.1) is 0 Å². The molecule has 0 bridgehead atoms. The van der Waals surface area contributed by atoms with Gasteiger partial charge in [-0.05, 0) is 18.4 Å². The minimum Gasteiger partial charge on any atom is -0.465 e. The van der Waals surface area contributed by atoms with Crippen LogP contribution in [0.1, 0.15) is 18.4 Å². The van der Waals surface area contributed by atoms with E-state index in [4.69, 9.17) is 9.84 Å². The molecule has 0 aliphatic carbocycles. The van der Waals surface area contributed by atoms with E-state index in [0.717, 1.165) is 31.5 Å². The number of hydrogen-bond donors (Lipinski definition) is 1. The zero-order chi connectivity index (χ0) is 17.6. The summed E-state index contributed by atoms with van der Waals surface area (Å²) in [5, 5.41) is 9.01. The summed E-state index contributed by atoms with van der Waals surface area (Å²) >= 11 is 0. The lowest BCUT2D eigenvalue weighted by atomic mass is 10.0. The second kappa shape index (κ2) is 8.20. The Bertz CT molecular complexity index is 579. The monoisotopic (exact) mass is 347 g/mol. The van der Waals surface area contributed by atoms with Gasteiger partial charge in [-0.2, -0.15) is 0 Å². The number of benzene rings is 1. The fourth-order valence-electron chi connectivity index (χ4n) is 3.50. The number of hydrogen-bond acceptors (Lipinski definition) is 4. The van der Waals surface area contributed by atoms with Crippen molar-refractivity contribution >= 4 is 12.2 Å². The highest BCUT2D eigenvalue weighted by atomic mass is 16.6. The van der Waals surface area contributed by atoms with Crippen LogP contribution in [-0.4, -0.2) is 77.3 Å². The molecule has 7 heteroatoms. The molecular formula is C18H25N3O4. The molecule has 0 aromatic heterocycles. The van der Waals surface area contributed by atoms with Gasteiger partial charge < -0.3 is 19.6 Å². The summed E-state index contributed by atoms with van der Waals surface area (Å²) in [6.07, 6.45) is 0.731. The first-order valence-corrected chi connectivity index (χ1v) is 8.81. The van der Waals surface area contributed by atoms with Gasteiger partial charge in [-0.15, -0.1) is 0 Å². The minimum absolute atomic E-state index is 0.252. The average Bonchev–Trinajstić information content (AvgIpc) is 2.67. The van der Waals surface area contributed by atoms with Gasteiger partial charge in [0.1, 0.15) is 6.61 Å². The van der Waals surface area contributed by atoms with Crippen LogP contribution in [0.15, 0.2) is 30.3 Å². The lowest BCUT2D eigenvalue weighted by Crippen LogP contribution is -2.54. The van der Waals surface area contributed by atoms with E-state index in [1.807, 2.05) is 30.3 Å². The number of amides is 2. The predicted molar refractivity (Wildman–Crippen MR) is 92.4 cm³/mol. The molecule has 1 N–H and O–H groups in total. The Hall–Kier alpha value is -2.28. The van der Waals surface area contributed by atoms with Crippen LogP contribution in [0.3, 0.4) is 0 Å². The molecule has 1 aromatic rings. The molecule has 0 atom stereocenters. The maximum absolute atomic E-state index is 12.2. The molecule has 25 heavy (non-hydrogen) atoms. The molecule has 0 spiro atoms. The Balaban J connectivity index is 1.40. The molecule has 2 amide bonds. The van der Waals surface area contributed by atoms with Gasteiger partial charge in [0.15, 0.2) is 0 Å². The normalized spacial score (nSPS) is 19.7. The summed E-state index contributed by atoms with van der Waals surface area (Å²) < 4.78 is 5.39.